The van der Waals surface area contributed by atoms with Crippen molar-refractivity contribution in [3.8, 4) is 0 Å². The fourth-order valence-electron chi connectivity index (χ4n) is 2.73. The third-order valence-corrected chi connectivity index (χ3v) is 4.55. The minimum Gasteiger partial charge on any atom is -0.309 e. The van der Waals surface area contributed by atoms with Crippen LogP contribution >= 0.6 is 11.6 Å². The van der Waals surface area contributed by atoms with Gasteiger partial charge in [0.15, 0.2) is 0 Å². The highest BCUT2D eigenvalue weighted by molar-refractivity contribution is 6.30. The molecule has 0 radical (unpaired) electrons. The monoisotopic (exact) mass is 266 g/mol. The Morgan fingerprint density at radius 1 is 1.00 bits per heavy atom. The van der Waals surface area contributed by atoms with Crippen molar-refractivity contribution in [3.63, 3.8) is 0 Å². The Morgan fingerprint density at radius 3 is 2.00 bits per heavy atom. The Morgan fingerprint density at radius 2 is 1.50 bits per heavy atom. The number of hydrogen-bond acceptors (Lipinski definition) is 2. The SMILES string of the molecule is C[C@@H]1N[C@@H](C)[C@@H](C)N(Cc2ccc(Cl)cc2)[C@@H]1C. The number of piperazine rings is 1. The average molecular weight is 267 g/mol. The van der Waals surface area contributed by atoms with Gasteiger partial charge >= 0.3 is 0 Å². The van der Waals surface area contributed by atoms with Gasteiger partial charge in [0, 0.05) is 35.7 Å². The summed E-state index contributed by atoms with van der Waals surface area (Å²) in [6.45, 7) is 10.1. The Kier molecular flexibility index (Phi) is 4.31. The summed E-state index contributed by atoms with van der Waals surface area (Å²) in [5.41, 5.74) is 1.33. The third kappa shape index (κ3) is 2.87. The van der Waals surface area contributed by atoms with Gasteiger partial charge in [-0.05, 0) is 45.4 Å². The van der Waals surface area contributed by atoms with Gasteiger partial charge in [0.25, 0.3) is 0 Å². The van der Waals surface area contributed by atoms with Gasteiger partial charge in [-0.1, -0.05) is 23.7 Å². The number of hydrogen-bond donors (Lipinski definition) is 1. The summed E-state index contributed by atoms with van der Waals surface area (Å²) < 4.78 is 0. The van der Waals surface area contributed by atoms with Crippen molar-refractivity contribution < 1.29 is 0 Å². The van der Waals surface area contributed by atoms with Crippen LogP contribution in [0.2, 0.25) is 5.02 Å². The van der Waals surface area contributed by atoms with Crippen LogP contribution in [0.4, 0.5) is 0 Å². The molecule has 18 heavy (non-hydrogen) atoms. The summed E-state index contributed by atoms with van der Waals surface area (Å²) in [6.07, 6.45) is 0. The second-order valence-electron chi connectivity index (χ2n) is 5.52. The first-order valence-electron chi connectivity index (χ1n) is 6.75. The van der Waals surface area contributed by atoms with Crippen LogP contribution in [0.1, 0.15) is 33.3 Å². The lowest BCUT2D eigenvalue weighted by atomic mass is 9.96. The molecule has 0 spiro atoms. The number of nitrogens with zero attached hydrogens (tertiary/aromatic N) is 1. The summed E-state index contributed by atoms with van der Waals surface area (Å²) in [6, 6.07) is 10.4. The maximum atomic E-state index is 5.93. The van der Waals surface area contributed by atoms with Crippen molar-refractivity contribution in [2.75, 3.05) is 0 Å². The van der Waals surface area contributed by atoms with E-state index >= 15 is 0 Å². The molecule has 1 aromatic rings. The molecule has 0 aliphatic carbocycles. The molecular weight excluding hydrogens is 244 g/mol. The first-order valence-corrected chi connectivity index (χ1v) is 7.13. The van der Waals surface area contributed by atoms with Gasteiger partial charge < -0.3 is 5.32 Å². The number of halogens is 1. The van der Waals surface area contributed by atoms with Crippen molar-refractivity contribution in [2.24, 2.45) is 0 Å². The Bertz CT molecular complexity index is 376. The molecule has 4 atom stereocenters. The zero-order valence-corrected chi connectivity index (χ0v) is 12.4. The zero-order chi connectivity index (χ0) is 13.3. The van der Waals surface area contributed by atoms with Crippen LogP contribution in [0.3, 0.4) is 0 Å². The van der Waals surface area contributed by atoms with E-state index in [0.29, 0.717) is 24.2 Å². The summed E-state index contributed by atoms with van der Waals surface area (Å²) in [5.74, 6) is 0. The molecule has 2 nitrogen and oxygen atoms in total. The molecule has 0 bridgehead atoms. The molecule has 0 unspecified atom stereocenters. The van der Waals surface area contributed by atoms with Crippen molar-refractivity contribution in [1.29, 1.82) is 0 Å². The topological polar surface area (TPSA) is 15.3 Å². The van der Waals surface area contributed by atoms with Crippen LogP contribution in [-0.2, 0) is 6.54 Å². The highest BCUT2D eigenvalue weighted by Crippen LogP contribution is 2.22. The predicted molar refractivity (Wildman–Crippen MR) is 78.0 cm³/mol. The van der Waals surface area contributed by atoms with E-state index in [0.717, 1.165) is 11.6 Å². The molecule has 1 aliphatic heterocycles. The smallest absolute Gasteiger partial charge is 0.0406 e. The molecule has 0 saturated carbocycles. The van der Waals surface area contributed by atoms with E-state index in [2.05, 4.69) is 50.0 Å². The van der Waals surface area contributed by atoms with E-state index in [1.165, 1.54) is 5.56 Å². The molecule has 0 aromatic heterocycles. The molecule has 1 aliphatic rings. The van der Waals surface area contributed by atoms with Gasteiger partial charge in [0.05, 0.1) is 0 Å². The highest BCUT2D eigenvalue weighted by Gasteiger charge is 2.33. The third-order valence-electron chi connectivity index (χ3n) is 4.30. The van der Waals surface area contributed by atoms with Gasteiger partial charge in [0.2, 0.25) is 0 Å². The fraction of sp³-hybridized carbons (Fsp3) is 0.600. The Hall–Kier alpha value is -0.570. The van der Waals surface area contributed by atoms with E-state index in [4.69, 9.17) is 11.6 Å². The average Bonchev–Trinajstić information content (AvgIpc) is 2.34. The predicted octanol–water partition coefficient (Wildman–Crippen LogP) is 3.30. The van der Waals surface area contributed by atoms with Crippen LogP contribution in [0.15, 0.2) is 24.3 Å². The molecule has 1 fully saturated rings. The van der Waals surface area contributed by atoms with Crippen molar-refractivity contribution in [3.05, 3.63) is 34.9 Å². The number of benzene rings is 1. The Balaban J connectivity index is 2.12. The van der Waals surface area contributed by atoms with Crippen molar-refractivity contribution >= 4 is 11.6 Å². The molecule has 2 rings (SSSR count). The Labute approximate surface area is 115 Å². The van der Waals surface area contributed by atoms with Crippen LogP contribution in [0.25, 0.3) is 0 Å². The molecule has 1 heterocycles. The molecule has 0 amide bonds. The quantitative estimate of drug-likeness (QED) is 0.884. The lowest BCUT2D eigenvalue weighted by Crippen LogP contribution is -2.63. The fourth-order valence-corrected chi connectivity index (χ4v) is 2.85. The molecular formula is C15H23ClN2. The van der Waals surface area contributed by atoms with Crippen LogP contribution in [-0.4, -0.2) is 29.1 Å². The van der Waals surface area contributed by atoms with Gasteiger partial charge in [0.1, 0.15) is 0 Å². The minimum atomic E-state index is 0.531. The van der Waals surface area contributed by atoms with E-state index < -0.39 is 0 Å². The normalized spacial score (nSPS) is 33.6. The second kappa shape index (κ2) is 5.60. The molecule has 1 saturated heterocycles. The summed E-state index contributed by atoms with van der Waals surface area (Å²) in [4.78, 5) is 2.58. The molecule has 1 N–H and O–H groups in total. The number of nitrogens with one attached hydrogen (secondary N) is 1. The van der Waals surface area contributed by atoms with E-state index in [1.807, 2.05) is 12.1 Å². The summed E-state index contributed by atoms with van der Waals surface area (Å²) in [5, 5.41) is 4.45. The second-order valence-corrected chi connectivity index (χ2v) is 5.96. The largest absolute Gasteiger partial charge is 0.309 e. The van der Waals surface area contributed by atoms with Gasteiger partial charge in [-0.3, -0.25) is 4.90 Å². The summed E-state index contributed by atoms with van der Waals surface area (Å²) in [7, 11) is 0. The first-order chi connectivity index (χ1) is 8.49. The maximum Gasteiger partial charge on any atom is 0.0406 e. The number of rotatable bonds is 2. The molecule has 100 valence electrons. The standard InChI is InChI=1S/C15H23ClN2/c1-10-12(3)18(13(4)11(2)17-10)9-14-5-7-15(16)8-6-14/h5-8,10-13,17H,9H2,1-4H3/t10-,11-,12+,13+/m0/s1. The van der Waals surface area contributed by atoms with Crippen molar-refractivity contribution in [1.82, 2.24) is 10.2 Å². The van der Waals surface area contributed by atoms with Gasteiger partial charge in [-0.2, -0.15) is 0 Å². The van der Waals surface area contributed by atoms with Crippen LogP contribution in [0, 0.1) is 0 Å². The zero-order valence-electron chi connectivity index (χ0n) is 11.7. The lowest BCUT2D eigenvalue weighted by Gasteiger charge is -2.47. The lowest BCUT2D eigenvalue weighted by molar-refractivity contribution is 0.0515. The van der Waals surface area contributed by atoms with Crippen LogP contribution in [0.5, 0.6) is 0 Å². The van der Waals surface area contributed by atoms with Gasteiger partial charge in [-0.15, -0.1) is 0 Å². The summed E-state index contributed by atoms with van der Waals surface area (Å²) >= 11 is 5.93. The highest BCUT2D eigenvalue weighted by atomic mass is 35.5. The van der Waals surface area contributed by atoms with Crippen LogP contribution < -0.4 is 5.32 Å². The van der Waals surface area contributed by atoms with E-state index in [-0.39, 0.29) is 0 Å². The van der Waals surface area contributed by atoms with Crippen molar-refractivity contribution in [2.45, 2.75) is 58.4 Å². The maximum absolute atomic E-state index is 5.93. The van der Waals surface area contributed by atoms with Gasteiger partial charge in [-0.25, -0.2) is 0 Å². The first kappa shape index (κ1) is 13.9. The molecule has 1 aromatic carbocycles. The minimum absolute atomic E-state index is 0.531. The molecule has 3 heteroatoms. The van der Waals surface area contributed by atoms with E-state index in [1.54, 1.807) is 0 Å². The van der Waals surface area contributed by atoms with E-state index in [9.17, 15) is 0 Å².